The van der Waals surface area contributed by atoms with Crippen molar-refractivity contribution in [3.8, 4) is 5.75 Å². The van der Waals surface area contributed by atoms with Gasteiger partial charge in [0.1, 0.15) is 11.8 Å². The van der Waals surface area contributed by atoms with Crippen LogP contribution in [0.15, 0.2) is 24.3 Å². The first-order valence-electron chi connectivity index (χ1n) is 7.94. The second-order valence-corrected chi connectivity index (χ2v) is 7.11. The van der Waals surface area contributed by atoms with Crippen molar-refractivity contribution in [2.24, 2.45) is 0 Å². The molecule has 0 bridgehead atoms. The quantitative estimate of drug-likeness (QED) is 0.848. The molecule has 2 rings (SSSR count). The average molecular weight is 351 g/mol. The number of ether oxygens (including phenoxy) is 1. The predicted octanol–water partition coefficient (Wildman–Crippen LogP) is 1.88. The van der Waals surface area contributed by atoms with E-state index in [1.165, 1.54) is 0 Å². The van der Waals surface area contributed by atoms with Crippen LogP contribution in [0.25, 0.3) is 0 Å². The van der Waals surface area contributed by atoms with Crippen LogP contribution >= 0.6 is 11.8 Å². The molecule has 0 spiro atoms. The summed E-state index contributed by atoms with van der Waals surface area (Å²) in [6.45, 7) is 4.41. The smallest absolute Gasteiger partial charge is 0.248 e. The largest absolute Gasteiger partial charge is 0.497 e. The van der Waals surface area contributed by atoms with Gasteiger partial charge in [0.15, 0.2) is 0 Å². The second kappa shape index (κ2) is 8.39. The van der Waals surface area contributed by atoms with Gasteiger partial charge in [0.2, 0.25) is 11.8 Å². The van der Waals surface area contributed by atoms with E-state index in [4.69, 9.17) is 4.74 Å². The van der Waals surface area contributed by atoms with Gasteiger partial charge >= 0.3 is 0 Å². The number of nitrogens with one attached hydrogen (secondary N) is 1. The van der Waals surface area contributed by atoms with Gasteiger partial charge in [-0.25, -0.2) is 0 Å². The van der Waals surface area contributed by atoms with E-state index in [-0.39, 0.29) is 17.9 Å². The highest BCUT2D eigenvalue weighted by Crippen LogP contribution is 2.23. The van der Waals surface area contributed by atoms with Crippen LogP contribution in [0, 0.1) is 0 Å². The molecule has 0 aliphatic carbocycles. The number of thioether (sulfide) groups is 1. The first-order valence-corrected chi connectivity index (χ1v) is 9.10. The van der Waals surface area contributed by atoms with Crippen molar-refractivity contribution in [2.45, 2.75) is 25.9 Å². The van der Waals surface area contributed by atoms with Crippen LogP contribution in [0.4, 0.5) is 5.69 Å². The third kappa shape index (κ3) is 4.64. The molecule has 1 atom stereocenters. The fourth-order valence-electron chi connectivity index (χ4n) is 2.29. The number of hydrogen-bond donors (Lipinski definition) is 1. The van der Waals surface area contributed by atoms with Gasteiger partial charge in [-0.1, -0.05) is 0 Å². The standard InChI is InChI=1S/C17H25N3O3S/c1-12(2)19(3)9-16(21)20-11-24-10-15(20)17(22)18-13-5-7-14(23-4)8-6-13/h5-8,12,15H,9-11H2,1-4H3,(H,18,22)/t15-/m1/s1. The molecule has 6 nitrogen and oxygen atoms in total. The highest BCUT2D eigenvalue weighted by atomic mass is 32.2. The van der Waals surface area contributed by atoms with Gasteiger partial charge in [-0.15, -0.1) is 11.8 Å². The molecule has 24 heavy (non-hydrogen) atoms. The Kier molecular flexibility index (Phi) is 6.51. The molecule has 1 fully saturated rings. The molecule has 1 aromatic carbocycles. The lowest BCUT2D eigenvalue weighted by Gasteiger charge is -2.27. The Hall–Kier alpha value is -1.73. The van der Waals surface area contributed by atoms with Gasteiger partial charge in [-0.2, -0.15) is 0 Å². The summed E-state index contributed by atoms with van der Waals surface area (Å²) in [4.78, 5) is 28.7. The summed E-state index contributed by atoms with van der Waals surface area (Å²) in [5.41, 5.74) is 0.699. The Balaban J connectivity index is 1.98. The van der Waals surface area contributed by atoms with Crippen LogP contribution in [0.1, 0.15) is 13.8 Å². The van der Waals surface area contributed by atoms with E-state index in [0.29, 0.717) is 23.9 Å². The van der Waals surface area contributed by atoms with Gasteiger partial charge in [0.25, 0.3) is 0 Å². The van der Waals surface area contributed by atoms with Gasteiger partial charge < -0.3 is 15.0 Å². The Bertz CT molecular complexity index is 577. The summed E-state index contributed by atoms with van der Waals surface area (Å²) in [6.07, 6.45) is 0. The molecule has 0 radical (unpaired) electrons. The first kappa shape index (κ1) is 18.6. The maximum Gasteiger partial charge on any atom is 0.248 e. The van der Waals surface area contributed by atoms with Crippen LogP contribution in [0.2, 0.25) is 0 Å². The summed E-state index contributed by atoms with van der Waals surface area (Å²) < 4.78 is 5.11. The lowest BCUT2D eigenvalue weighted by atomic mass is 10.2. The highest BCUT2D eigenvalue weighted by molar-refractivity contribution is 7.99. The molecule has 0 aromatic heterocycles. The first-order chi connectivity index (χ1) is 11.4. The van der Waals surface area contributed by atoms with Crippen LogP contribution in [0.5, 0.6) is 5.75 Å². The SMILES string of the molecule is COc1ccc(NC(=O)[C@H]2CSCN2C(=O)CN(C)C(C)C)cc1. The Labute approximate surface area is 147 Å². The zero-order valence-corrected chi connectivity index (χ0v) is 15.4. The molecule has 132 valence electrons. The maximum absolute atomic E-state index is 12.5. The molecule has 1 heterocycles. The lowest BCUT2D eigenvalue weighted by molar-refractivity contribution is -0.137. The van der Waals surface area contributed by atoms with Gasteiger partial charge in [-0.05, 0) is 45.2 Å². The highest BCUT2D eigenvalue weighted by Gasteiger charge is 2.35. The number of likely N-dealkylation sites (N-methyl/N-ethyl adjacent to an activating group) is 1. The molecule has 0 unspecified atom stereocenters. The molecule has 1 saturated heterocycles. The minimum atomic E-state index is -0.426. The minimum absolute atomic E-state index is 0.00826. The summed E-state index contributed by atoms with van der Waals surface area (Å²) in [7, 11) is 3.51. The molecule has 1 aliphatic rings. The van der Waals surface area contributed by atoms with Crippen molar-refractivity contribution in [3.63, 3.8) is 0 Å². The number of nitrogens with zero attached hydrogens (tertiary/aromatic N) is 2. The van der Waals surface area contributed by atoms with Gasteiger partial charge in [0.05, 0.1) is 19.5 Å². The molecular weight excluding hydrogens is 326 g/mol. The van der Waals surface area contributed by atoms with Crippen LogP contribution in [0.3, 0.4) is 0 Å². The topological polar surface area (TPSA) is 61.9 Å². The number of rotatable bonds is 6. The molecule has 1 aliphatic heterocycles. The van der Waals surface area contributed by atoms with Crippen molar-refractivity contribution in [3.05, 3.63) is 24.3 Å². The predicted molar refractivity (Wildman–Crippen MR) is 97.3 cm³/mol. The van der Waals surface area contributed by atoms with Crippen LogP contribution in [-0.4, -0.2) is 66.0 Å². The van der Waals surface area contributed by atoms with Crippen molar-refractivity contribution < 1.29 is 14.3 Å². The van der Waals surface area contributed by atoms with E-state index >= 15 is 0 Å². The summed E-state index contributed by atoms with van der Waals surface area (Å²) in [5.74, 6) is 1.76. The normalized spacial score (nSPS) is 17.4. The summed E-state index contributed by atoms with van der Waals surface area (Å²) in [6, 6.07) is 7.02. The zero-order valence-electron chi connectivity index (χ0n) is 14.6. The second-order valence-electron chi connectivity index (χ2n) is 6.11. The van der Waals surface area contributed by atoms with E-state index in [2.05, 4.69) is 5.32 Å². The van der Waals surface area contributed by atoms with E-state index in [1.54, 1.807) is 48.0 Å². The van der Waals surface area contributed by atoms with Crippen molar-refractivity contribution in [1.29, 1.82) is 0 Å². The number of hydrogen-bond acceptors (Lipinski definition) is 5. The molecule has 1 aromatic rings. The number of anilines is 1. The van der Waals surface area contributed by atoms with E-state index in [9.17, 15) is 9.59 Å². The van der Waals surface area contributed by atoms with Crippen molar-refractivity contribution >= 4 is 29.3 Å². The lowest BCUT2D eigenvalue weighted by Crippen LogP contribution is -2.48. The molecule has 7 heteroatoms. The maximum atomic E-state index is 12.5. The molecule has 2 amide bonds. The van der Waals surface area contributed by atoms with Crippen LogP contribution in [-0.2, 0) is 9.59 Å². The summed E-state index contributed by atoms with van der Waals surface area (Å²) in [5, 5.41) is 2.88. The monoisotopic (exact) mass is 351 g/mol. The Morgan fingerprint density at radius 2 is 2.04 bits per heavy atom. The summed E-state index contributed by atoms with van der Waals surface area (Å²) >= 11 is 1.60. The number of carbonyl (C=O) groups is 2. The van der Waals surface area contributed by atoms with Gasteiger partial charge in [-0.3, -0.25) is 14.5 Å². The van der Waals surface area contributed by atoms with Crippen molar-refractivity contribution in [1.82, 2.24) is 9.80 Å². The Morgan fingerprint density at radius 1 is 1.38 bits per heavy atom. The van der Waals surface area contributed by atoms with E-state index < -0.39 is 6.04 Å². The number of carbonyl (C=O) groups excluding carboxylic acids is 2. The Morgan fingerprint density at radius 3 is 2.62 bits per heavy atom. The number of methoxy groups -OCH3 is 1. The minimum Gasteiger partial charge on any atom is -0.497 e. The van der Waals surface area contributed by atoms with E-state index in [1.807, 2.05) is 25.8 Å². The molecular formula is C17H25N3O3S. The van der Waals surface area contributed by atoms with Crippen LogP contribution < -0.4 is 10.1 Å². The third-order valence-electron chi connectivity index (χ3n) is 4.13. The fraction of sp³-hybridized carbons (Fsp3) is 0.529. The molecule has 0 saturated carbocycles. The number of benzene rings is 1. The van der Waals surface area contributed by atoms with E-state index in [0.717, 1.165) is 5.75 Å². The van der Waals surface area contributed by atoms with Gasteiger partial charge in [0, 0.05) is 17.5 Å². The fourth-order valence-corrected chi connectivity index (χ4v) is 3.47. The average Bonchev–Trinajstić information content (AvgIpc) is 3.05. The zero-order chi connectivity index (χ0) is 17.7. The van der Waals surface area contributed by atoms with Crippen molar-refractivity contribution in [2.75, 3.05) is 37.6 Å². The molecule has 1 N–H and O–H groups in total. The third-order valence-corrected chi connectivity index (χ3v) is 5.14. The number of amides is 2.